The van der Waals surface area contributed by atoms with Gasteiger partial charge >= 0.3 is 0 Å². The minimum absolute atomic E-state index is 0.248. The van der Waals surface area contributed by atoms with Crippen LogP contribution in [0, 0.1) is 0 Å². The first kappa shape index (κ1) is 21.9. The zero-order valence-electron chi connectivity index (χ0n) is 17.8. The van der Waals surface area contributed by atoms with Crippen LogP contribution in [0.1, 0.15) is 35.8 Å². The summed E-state index contributed by atoms with van der Waals surface area (Å²) in [5.74, 6) is -0.0772. The molecule has 4 heterocycles. The van der Waals surface area contributed by atoms with E-state index in [1.54, 1.807) is 28.8 Å². The van der Waals surface area contributed by atoms with E-state index in [9.17, 15) is 15.0 Å². The molecule has 3 aromatic rings. The number of hydrogen-bond acceptors (Lipinski definition) is 9. The third-order valence-corrected chi connectivity index (χ3v) is 5.84. The standard InChI is InChI=1S/C22H25N5O6/c28-10-14-17(29)18(33-15-8-4-5-9-31-15)22(32-14)27-12-25-16-19(23-11-24-20(16)27)26-21(30)13-6-2-1-3-7-13/h1-3,6-7,11-12,14-15,17-18,22,28-29H,4-5,8-10H2,(H,23,24,26,30). The van der Waals surface area contributed by atoms with Gasteiger partial charge in [-0.25, -0.2) is 15.0 Å². The molecule has 174 valence electrons. The molecule has 1 amide bonds. The van der Waals surface area contributed by atoms with E-state index >= 15 is 0 Å². The average molecular weight is 455 g/mol. The van der Waals surface area contributed by atoms with E-state index in [0.717, 1.165) is 12.8 Å². The number of nitrogens with zero attached hydrogens (tertiary/aromatic N) is 4. The number of aromatic nitrogens is 4. The van der Waals surface area contributed by atoms with Crippen molar-refractivity contribution in [3.63, 3.8) is 0 Å². The van der Waals surface area contributed by atoms with Crippen LogP contribution in [0.5, 0.6) is 0 Å². The molecule has 2 saturated heterocycles. The summed E-state index contributed by atoms with van der Waals surface area (Å²) in [6.07, 6.45) is 1.47. The Labute approximate surface area is 189 Å². The average Bonchev–Trinajstić information content (AvgIpc) is 3.42. The van der Waals surface area contributed by atoms with Crippen LogP contribution < -0.4 is 5.32 Å². The molecule has 2 aromatic heterocycles. The van der Waals surface area contributed by atoms with Crippen LogP contribution in [-0.4, -0.2) is 73.5 Å². The van der Waals surface area contributed by atoms with Gasteiger partial charge in [-0.3, -0.25) is 9.36 Å². The lowest BCUT2D eigenvalue weighted by atomic mass is 10.1. The number of benzene rings is 1. The van der Waals surface area contributed by atoms with Gasteiger partial charge in [0.25, 0.3) is 5.91 Å². The maximum absolute atomic E-state index is 12.6. The second-order valence-electron chi connectivity index (χ2n) is 8.00. The first-order valence-electron chi connectivity index (χ1n) is 10.9. The number of aliphatic hydroxyl groups is 2. The lowest BCUT2D eigenvalue weighted by Gasteiger charge is -2.29. The molecule has 2 fully saturated rings. The minimum Gasteiger partial charge on any atom is -0.394 e. The highest BCUT2D eigenvalue weighted by Crippen LogP contribution is 2.35. The highest BCUT2D eigenvalue weighted by Gasteiger charge is 2.47. The molecule has 0 radical (unpaired) electrons. The second kappa shape index (κ2) is 9.49. The summed E-state index contributed by atoms with van der Waals surface area (Å²) >= 11 is 0. The number of anilines is 1. The Morgan fingerprint density at radius 2 is 2.06 bits per heavy atom. The SMILES string of the molecule is O=C(Nc1ncnc2c1ncn2C1OC(CO)C(O)C1OC1CCCCO1)c1ccccc1. The predicted molar refractivity (Wildman–Crippen MR) is 115 cm³/mol. The van der Waals surface area contributed by atoms with Gasteiger partial charge in [-0.1, -0.05) is 18.2 Å². The summed E-state index contributed by atoms with van der Waals surface area (Å²) in [5.41, 5.74) is 1.24. The van der Waals surface area contributed by atoms with Crippen molar-refractivity contribution in [2.45, 2.75) is 50.1 Å². The van der Waals surface area contributed by atoms with Crippen LogP contribution in [-0.2, 0) is 14.2 Å². The van der Waals surface area contributed by atoms with E-state index in [1.807, 2.05) is 6.07 Å². The molecule has 0 bridgehead atoms. The first-order valence-corrected chi connectivity index (χ1v) is 10.9. The molecule has 5 unspecified atom stereocenters. The summed E-state index contributed by atoms with van der Waals surface area (Å²) in [6.45, 7) is 0.219. The van der Waals surface area contributed by atoms with Gasteiger partial charge in [0, 0.05) is 12.2 Å². The van der Waals surface area contributed by atoms with Crippen molar-refractivity contribution < 1.29 is 29.2 Å². The molecule has 5 rings (SSSR count). The van der Waals surface area contributed by atoms with Crippen LogP contribution in [0.4, 0.5) is 5.82 Å². The Kier molecular flexibility index (Phi) is 6.29. The van der Waals surface area contributed by atoms with Crippen LogP contribution in [0.3, 0.4) is 0 Å². The second-order valence-corrected chi connectivity index (χ2v) is 8.00. The maximum Gasteiger partial charge on any atom is 0.256 e. The van der Waals surface area contributed by atoms with Gasteiger partial charge < -0.3 is 29.7 Å². The molecular weight excluding hydrogens is 430 g/mol. The van der Waals surface area contributed by atoms with Gasteiger partial charge in [0.2, 0.25) is 0 Å². The van der Waals surface area contributed by atoms with Gasteiger partial charge in [-0.15, -0.1) is 0 Å². The fourth-order valence-electron chi connectivity index (χ4n) is 4.13. The summed E-state index contributed by atoms with van der Waals surface area (Å²) in [4.78, 5) is 25.5. The van der Waals surface area contributed by atoms with Crippen molar-refractivity contribution in [1.82, 2.24) is 19.5 Å². The monoisotopic (exact) mass is 455 g/mol. The smallest absolute Gasteiger partial charge is 0.256 e. The number of carbonyl (C=O) groups excluding carboxylic acids is 1. The first-order chi connectivity index (χ1) is 16.2. The number of imidazole rings is 1. The number of fused-ring (bicyclic) bond motifs is 1. The van der Waals surface area contributed by atoms with Crippen molar-refractivity contribution in [1.29, 1.82) is 0 Å². The zero-order valence-corrected chi connectivity index (χ0v) is 17.8. The molecule has 2 aliphatic heterocycles. The summed E-state index contributed by atoms with van der Waals surface area (Å²) in [5, 5.41) is 23.2. The predicted octanol–water partition coefficient (Wildman–Crippen LogP) is 1.24. The largest absolute Gasteiger partial charge is 0.394 e. The van der Waals surface area contributed by atoms with E-state index in [2.05, 4.69) is 20.3 Å². The van der Waals surface area contributed by atoms with Crippen LogP contribution in [0.25, 0.3) is 11.2 Å². The maximum atomic E-state index is 12.6. The Balaban J connectivity index is 1.43. The van der Waals surface area contributed by atoms with E-state index < -0.39 is 30.8 Å². The zero-order chi connectivity index (χ0) is 22.8. The van der Waals surface area contributed by atoms with Crippen molar-refractivity contribution in [2.24, 2.45) is 0 Å². The highest BCUT2D eigenvalue weighted by molar-refractivity contribution is 6.06. The Morgan fingerprint density at radius 3 is 2.82 bits per heavy atom. The highest BCUT2D eigenvalue weighted by atomic mass is 16.7. The number of amides is 1. The number of carbonyl (C=O) groups is 1. The van der Waals surface area contributed by atoms with E-state index in [1.165, 1.54) is 12.7 Å². The molecule has 0 spiro atoms. The summed E-state index contributed by atoms with van der Waals surface area (Å²) in [6, 6.07) is 8.77. The lowest BCUT2D eigenvalue weighted by molar-refractivity contribution is -0.215. The van der Waals surface area contributed by atoms with Gasteiger partial charge in [0.1, 0.15) is 24.6 Å². The number of hydrogen-bond donors (Lipinski definition) is 3. The van der Waals surface area contributed by atoms with Crippen molar-refractivity contribution in [3.8, 4) is 0 Å². The fraction of sp³-hybridized carbons (Fsp3) is 0.455. The Bertz CT molecular complexity index is 1100. The summed E-state index contributed by atoms with van der Waals surface area (Å²) in [7, 11) is 0. The van der Waals surface area contributed by atoms with Crippen LogP contribution in [0.15, 0.2) is 43.0 Å². The van der Waals surface area contributed by atoms with Crippen molar-refractivity contribution >= 4 is 22.9 Å². The molecule has 0 saturated carbocycles. The third kappa shape index (κ3) is 4.33. The van der Waals surface area contributed by atoms with Gasteiger partial charge in [-0.05, 0) is 31.4 Å². The summed E-state index contributed by atoms with van der Waals surface area (Å²) < 4.78 is 19.3. The van der Waals surface area contributed by atoms with Crippen LogP contribution >= 0.6 is 0 Å². The molecule has 0 aliphatic carbocycles. The van der Waals surface area contributed by atoms with E-state index in [4.69, 9.17) is 14.2 Å². The number of nitrogens with one attached hydrogen (secondary N) is 1. The minimum atomic E-state index is -1.07. The van der Waals surface area contributed by atoms with Gasteiger partial charge in [0.05, 0.1) is 12.9 Å². The molecule has 1 aromatic carbocycles. The number of rotatable bonds is 6. The third-order valence-electron chi connectivity index (χ3n) is 5.84. The molecule has 2 aliphatic rings. The van der Waals surface area contributed by atoms with Crippen molar-refractivity contribution in [3.05, 3.63) is 48.5 Å². The molecule has 11 nitrogen and oxygen atoms in total. The number of ether oxygens (including phenoxy) is 3. The quantitative estimate of drug-likeness (QED) is 0.501. The van der Waals surface area contributed by atoms with Crippen LogP contribution in [0.2, 0.25) is 0 Å². The Hall–Kier alpha value is -2.96. The van der Waals surface area contributed by atoms with Crippen molar-refractivity contribution in [2.75, 3.05) is 18.5 Å². The molecule has 3 N–H and O–H groups in total. The van der Waals surface area contributed by atoms with E-state index in [-0.39, 0.29) is 18.3 Å². The van der Waals surface area contributed by atoms with E-state index in [0.29, 0.717) is 29.8 Å². The Morgan fingerprint density at radius 1 is 1.21 bits per heavy atom. The molecule has 5 atom stereocenters. The fourth-order valence-corrected chi connectivity index (χ4v) is 4.13. The number of aliphatic hydroxyl groups excluding tert-OH is 2. The molecular formula is C22H25N5O6. The molecule has 33 heavy (non-hydrogen) atoms. The van der Waals surface area contributed by atoms with Gasteiger partial charge in [-0.2, -0.15) is 0 Å². The topological polar surface area (TPSA) is 141 Å². The normalized spacial score (nSPS) is 27.6. The lowest BCUT2D eigenvalue weighted by Crippen LogP contribution is -2.39. The molecule has 11 heteroatoms. The van der Waals surface area contributed by atoms with Gasteiger partial charge in [0.15, 0.2) is 29.5 Å².